The highest BCUT2D eigenvalue weighted by Gasteiger charge is 2.41. The highest BCUT2D eigenvalue weighted by atomic mass is 35.5. The molecular weight excluding hydrogens is 395 g/mol. The predicted octanol–water partition coefficient (Wildman–Crippen LogP) is 3.80. The summed E-state index contributed by atoms with van der Waals surface area (Å²) < 4.78 is 13.4. The molecule has 0 aromatic heterocycles. The van der Waals surface area contributed by atoms with Crippen molar-refractivity contribution < 1.29 is 14.0 Å². The Morgan fingerprint density at radius 1 is 1.24 bits per heavy atom. The number of likely N-dealkylation sites (tertiary alicyclic amines) is 1. The Morgan fingerprint density at radius 2 is 2.00 bits per heavy atom. The van der Waals surface area contributed by atoms with Crippen LogP contribution in [0.5, 0.6) is 0 Å². The molecule has 0 aliphatic carbocycles. The molecule has 2 aromatic carbocycles. The normalized spacial score (nSPS) is 17.6. The molecule has 1 saturated heterocycles. The van der Waals surface area contributed by atoms with E-state index in [1.54, 1.807) is 29.2 Å². The van der Waals surface area contributed by atoms with E-state index in [2.05, 4.69) is 10.6 Å². The minimum atomic E-state index is -0.414. The summed E-state index contributed by atoms with van der Waals surface area (Å²) in [6, 6.07) is 9.26. The summed E-state index contributed by atoms with van der Waals surface area (Å²) in [4.78, 5) is 26.8. The van der Waals surface area contributed by atoms with Crippen molar-refractivity contribution in [1.29, 1.82) is 0 Å². The Balaban J connectivity index is 1.36. The lowest BCUT2D eigenvalue weighted by molar-refractivity contribution is 0.0915. The van der Waals surface area contributed by atoms with E-state index < -0.39 is 5.82 Å². The Kier molecular flexibility index (Phi) is 5.08. The number of anilines is 2. The van der Waals surface area contributed by atoms with E-state index in [1.165, 1.54) is 12.1 Å². The molecule has 2 aliphatic heterocycles. The van der Waals surface area contributed by atoms with Gasteiger partial charge in [0.05, 0.1) is 0 Å². The number of ketones is 1. The Labute approximate surface area is 173 Å². The Hall–Kier alpha value is -2.80. The van der Waals surface area contributed by atoms with Gasteiger partial charge in [-0.1, -0.05) is 17.7 Å². The second-order valence-electron chi connectivity index (χ2n) is 7.69. The van der Waals surface area contributed by atoms with Crippen LogP contribution in [-0.2, 0) is 6.54 Å². The van der Waals surface area contributed by atoms with Crippen LogP contribution in [0.15, 0.2) is 36.4 Å². The van der Waals surface area contributed by atoms with E-state index >= 15 is 0 Å². The number of carbonyl (C=O) groups excluding carboxylic acids is 2. The number of halogens is 2. The molecule has 0 radical (unpaired) electrons. The number of amides is 2. The third kappa shape index (κ3) is 4.00. The maximum absolute atomic E-state index is 13.4. The number of nitrogen functional groups attached to an aromatic ring is 1. The first-order valence-corrected chi connectivity index (χ1v) is 9.91. The molecule has 2 heterocycles. The number of benzene rings is 2. The number of nitrogens with one attached hydrogen (secondary N) is 2. The summed E-state index contributed by atoms with van der Waals surface area (Å²) in [5.74, 6) is -0.475. The van der Waals surface area contributed by atoms with Gasteiger partial charge in [-0.3, -0.25) is 4.79 Å². The molecule has 0 bridgehead atoms. The number of hydrogen-bond acceptors (Lipinski definition) is 4. The van der Waals surface area contributed by atoms with Crippen LogP contribution in [0.1, 0.15) is 35.2 Å². The lowest BCUT2D eigenvalue weighted by Gasteiger charge is -2.45. The van der Waals surface area contributed by atoms with E-state index in [4.69, 9.17) is 17.3 Å². The molecular formula is C21H22ClFN4O2. The summed E-state index contributed by atoms with van der Waals surface area (Å²) in [6.45, 7) is 1.37. The van der Waals surface area contributed by atoms with E-state index in [1.807, 2.05) is 0 Å². The zero-order valence-electron chi connectivity index (χ0n) is 15.8. The summed E-state index contributed by atoms with van der Waals surface area (Å²) in [7, 11) is 0. The van der Waals surface area contributed by atoms with E-state index in [9.17, 15) is 14.0 Å². The first kappa shape index (κ1) is 19.5. The van der Waals surface area contributed by atoms with Gasteiger partial charge in [0.1, 0.15) is 5.82 Å². The molecule has 29 heavy (non-hydrogen) atoms. The first-order valence-electron chi connectivity index (χ1n) is 9.53. The Morgan fingerprint density at radius 3 is 2.72 bits per heavy atom. The van der Waals surface area contributed by atoms with Crippen LogP contribution >= 0.6 is 11.6 Å². The average Bonchev–Trinajstić information content (AvgIpc) is 2.68. The quantitative estimate of drug-likeness (QED) is 0.650. The first-order chi connectivity index (χ1) is 13.8. The number of nitrogens with zero attached hydrogens (tertiary/aromatic N) is 1. The number of carbonyl (C=O) groups is 2. The summed E-state index contributed by atoms with van der Waals surface area (Å²) in [5.41, 5.74) is 7.73. The number of Topliss-reactive ketones (excluding diaryl/α,β-unsaturated/α-hetero) is 1. The molecule has 2 aromatic rings. The number of fused-ring (bicyclic) bond motifs is 1. The topological polar surface area (TPSA) is 87.5 Å². The number of nitrogens with two attached hydrogens (primary N) is 1. The van der Waals surface area contributed by atoms with E-state index in [-0.39, 0.29) is 17.4 Å². The number of urea groups is 1. The molecule has 4 rings (SSSR count). The maximum atomic E-state index is 13.4. The van der Waals surface area contributed by atoms with Crippen LogP contribution in [0.3, 0.4) is 0 Å². The molecule has 6 nitrogen and oxygen atoms in total. The second-order valence-corrected chi connectivity index (χ2v) is 8.10. The monoisotopic (exact) mass is 416 g/mol. The number of hydrogen-bond donors (Lipinski definition) is 3. The van der Waals surface area contributed by atoms with Crippen molar-refractivity contribution in [3.63, 3.8) is 0 Å². The molecule has 2 amide bonds. The minimum absolute atomic E-state index is 0.0610. The van der Waals surface area contributed by atoms with Gasteiger partial charge in [0.15, 0.2) is 5.78 Å². The lowest BCUT2D eigenvalue weighted by Crippen LogP contribution is -2.55. The minimum Gasteiger partial charge on any atom is -0.399 e. The molecule has 0 atom stereocenters. The van der Waals surface area contributed by atoms with Crippen LogP contribution in [-0.4, -0.2) is 35.3 Å². The van der Waals surface area contributed by atoms with E-state index in [0.717, 1.165) is 5.56 Å². The molecule has 152 valence electrons. The third-order valence-electron chi connectivity index (χ3n) is 5.70. The van der Waals surface area contributed by atoms with E-state index in [0.29, 0.717) is 60.9 Å². The zero-order valence-corrected chi connectivity index (χ0v) is 16.6. The smallest absolute Gasteiger partial charge is 0.317 e. The molecule has 2 aliphatic rings. The van der Waals surface area contributed by atoms with Crippen molar-refractivity contribution >= 4 is 34.8 Å². The van der Waals surface area contributed by atoms with Crippen molar-refractivity contribution in [1.82, 2.24) is 10.2 Å². The van der Waals surface area contributed by atoms with Gasteiger partial charge in [-0.15, -0.1) is 0 Å². The zero-order chi connectivity index (χ0) is 20.6. The largest absolute Gasteiger partial charge is 0.399 e. The summed E-state index contributed by atoms with van der Waals surface area (Å²) in [6.07, 6.45) is 1.59. The molecule has 0 unspecified atom stereocenters. The van der Waals surface area contributed by atoms with Gasteiger partial charge in [-0.25, -0.2) is 9.18 Å². The fraction of sp³-hybridized carbons (Fsp3) is 0.333. The summed E-state index contributed by atoms with van der Waals surface area (Å²) >= 11 is 6.15. The van der Waals surface area contributed by atoms with Crippen molar-refractivity contribution in [2.75, 3.05) is 24.1 Å². The molecule has 0 saturated carbocycles. The fourth-order valence-electron chi connectivity index (χ4n) is 4.02. The van der Waals surface area contributed by atoms with Crippen molar-refractivity contribution in [2.24, 2.45) is 0 Å². The number of rotatable bonds is 2. The molecule has 1 fully saturated rings. The fourth-order valence-corrected chi connectivity index (χ4v) is 4.27. The lowest BCUT2D eigenvalue weighted by atomic mass is 9.78. The third-order valence-corrected chi connectivity index (χ3v) is 6.05. The van der Waals surface area contributed by atoms with Crippen molar-refractivity contribution in [2.45, 2.75) is 31.3 Å². The van der Waals surface area contributed by atoms with Gasteiger partial charge >= 0.3 is 6.03 Å². The summed E-state index contributed by atoms with van der Waals surface area (Å²) in [5, 5.41) is 6.83. The van der Waals surface area contributed by atoms with Gasteiger partial charge in [-0.05, 0) is 48.7 Å². The van der Waals surface area contributed by atoms with Gasteiger partial charge < -0.3 is 21.3 Å². The van der Waals surface area contributed by atoms with Crippen molar-refractivity contribution in [3.8, 4) is 0 Å². The highest BCUT2D eigenvalue weighted by molar-refractivity contribution is 6.31. The SMILES string of the molecule is Nc1ccc(CNC(=O)N2CCC3(CC2)CC(=O)c2cc(F)ccc2N3)c(Cl)c1. The van der Waals surface area contributed by atoms with Crippen molar-refractivity contribution in [3.05, 3.63) is 58.4 Å². The average molecular weight is 417 g/mol. The number of piperidine rings is 1. The highest BCUT2D eigenvalue weighted by Crippen LogP contribution is 2.37. The Bertz CT molecular complexity index is 973. The van der Waals surface area contributed by atoms with Crippen LogP contribution in [0, 0.1) is 5.82 Å². The molecule has 8 heteroatoms. The van der Waals surface area contributed by atoms with Crippen LogP contribution < -0.4 is 16.4 Å². The second kappa shape index (κ2) is 7.55. The standard InChI is InChI=1S/C21H22ClFN4O2/c22-17-10-15(24)3-1-13(17)12-25-20(29)27-7-5-21(6-8-27)11-19(28)16-9-14(23)2-4-18(16)26-21/h1-4,9-10,26H,5-8,11-12,24H2,(H,25,29). The van der Waals surface area contributed by atoms with Crippen LogP contribution in [0.4, 0.5) is 20.6 Å². The molecule has 4 N–H and O–H groups in total. The van der Waals surface area contributed by atoms with Gasteiger partial charge in [0, 0.05) is 53.6 Å². The van der Waals surface area contributed by atoms with Gasteiger partial charge in [0.25, 0.3) is 0 Å². The van der Waals surface area contributed by atoms with Crippen LogP contribution in [0.2, 0.25) is 5.02 Å². The molecule has 1 spiro atoms. The van der Waals surface area contributed by atoms with Gasteiger partial charge in [0.2, 0.25) is 0 Å². The predicted molar refractivity (Wildman–Crippen MR) is 111 cm³/mol. The maximum Gasteiger partial charge on any atom is 0.317 e. The van der Waals surface area contributed by atoms with Crippen LogP contribution in [0.25, 0.3) is 0 Å². The van der Waals surface area contributed by atoms with Gasteiger partial charge in [-0.2, -0.15) is 0 Å².